The molecule has 1 saturated heterocycles. The zero-order valence-electron chi connectivity index (χ0n) is 24.6. The number of aromatic nitrogens is 4. The summed E-state index contributed by atoms with van der Waals surface area (Å²) in [6.45, 7) is 10.7. The summed E-state index contributed by atoms with van der Waals surface area (Å²) in [6, 6.07) is 7.68. The number of hydrogen-bond donors (Lipinski definition) is 2. The Morgan fingerprint density at radius 2 is 1.88 bits per heavy atom. The van der Waals surface area contributed by atoms with Crippen LogP contribution in [-0.2, 0) is 27.9 Å². The van der Waals surface area contributed by atoms with Crippen LogP contribution in [0.15, 0.2) is 52.1 Å². The van der Waals surface area contributed by atoms with Crippen molar-refractivity contribution in [2.24, 2.45) is 0 Å². The number of fused-ring (bicyclic) bond motifs is 1. The summed E-state index contributed by atoms with van der Waals surface area (Å²) in [7, 11) is 1.62. The van der Waals surface area contributed by atoms with E-state index in [0.29, 0.717) is 36.0 Å². The second kappa shape index (κ2) is 14.1. The Morgan fingerprint density at radius 1 is 1.20 bits per heavy atom. The summed E-state index contributed by atoms with van der Waals surface area (Å²) in [6.07, 6.45) is 6.67. The van der Waals surface area contributed by atoms with Crippen LogP contribution < -0.4 is 10.3 Å². The van der Waals surface area contributed by atoms with E-state index in [0.717, 1.165) is 37.4 Å². The van der Waals surface area contributed by atoms with Crippen molar-refractivity contribution < 1.29 is 28.9 Å². The number of carboxylic acid groups (broad SMARTS) is 1. The molecule has 0 bridgehead atoms. The number of hydrogen-bond acceptors (Lipinski definition) is 8. The zero-order valence-corrected chi connectivity index (χ0v) is 24.6. The maximum Gasteiger partial charge on any atom is 0.313 e. The van der Waals surface area contributed by atoms with E-state index in [1.165, 1.54) is 30.7 Å². The Hall–Kier alpha value is -3.96. The lowest BCUT2D eigenvalue weighted by atomic mass is 9.86. The molecule has 0 radical (unpaired) electrons. The number of benzene rings is 1. The molecule has 0 aliphatic carbocycles. The van der Waals surface area contributed by atoms with Crippen LogP contribution >= 0.6 is 0 Å². The third kappa shape index (κ3) is 7.04. The molecule has 0 saturated carbocycles. The van der Waals surface area contributed by atoms with Gasteiger partial charge >= 0.3 is 5.97 Å². The van der Waals surface area contributed by atoms with Crippen LogP contribution in [0, 0.1) is 6.92 Å². The van der Waals surface area contributed by atoms with Gasteiger partial charge in [0, 0.05) is 26.0 Å². The summed E-state index contributed by atoms with van der Waals surface area (Å²) in [5.74, 6) is 0.355. The molecule has 3 aromatic heterocycles. The standard InChI is InChI=1S/C23H24N4O5.C5H10O2.C2H6/c1-14-18(19-24-10-12-32-19)25-22-26(11-9-15-7-5-6-8-17(15)31-4)13-16(20(28)27(14)22)23(2,3)21(29)30;6-5-1-3-7-4-2-5;1-2/h5-8,10,12-13H,9,11H2,1-4H3,(H,29,30);5-6H,1-4H2;1-2H3. The number of oxazole rings is 1. The minimum absolute atomic E-state index is 0.0891. The first-order valence-electron chi connectivity index (χ1n) is 13.8. The van der Waals surface area contributed by atoms with Crippen LogP contribution in [0.2, 0.25) is 0 Å². The van der Waals surface area contributed by atoms with Gasteiger partial charge in [-0.25, -0.2) is 14.4 Å². The summed E-state index contributed by atoms with van der Waals surface area (Å²) < 4.78 is 19.1. The van der Waals surface area contributed by atoms with Crippen molar-refractivity contribution in [3.8, 4) is 17.3 Å². The molecular formula is C30H40N4O7. The van der Waals surface area contributed by atoms with Gasteiger partial charge in [0.05, 0.1) is 36.1 Å². The smallest absolute Gasteiger partial charge is 0.313 e. The number of imidazole rings is 1. The molecule has 4 heterocycles. The lowest BCUT2D eigenvalue weighted by Crippen LogP contribution is -2.37. The molecule has 2 N–H and O–H groups in total. The third-order valence-electron chi connectivity index (χ3n) is 6.91. The highest BCUT2D eigenvalue weighted by Gasteiger charge is 2.34. The first kappa shape index (κ1) is 31.6. The quantitative estimate of drug-likeness (QED) is 0.334. The molecular weight excluding hydrogens is 528 g/mol. The second-order valence-corrected chi connectivity index (χ2v) is 9.90. The summed E-state index contributed by atoms with van der Waals surface area (Å²) in [5.41, 5.74) is 0.296. The Bertz CT molecular complexity index is 1480. The topological polar surface area (TPSA) is 141 Å². The molecule has 41 heavy (non-hydrogen) atoms. The van der Waals surface area contributed by atoms with Crippen LogP contribution in [0.1, 0.15) is 57.4 Å². The number of aliphatic hydroxyl groups excluding tert-OH is 1. The predicted molar refractivity (Wildman–Crippen MR) is 154 cm³/mol. The molecule has 1 aliphatic rings. The van der Waals surface area contributed by atoms with Gasteiger partial charge in [-0.3, -0.25) is 9.59 Å². The molecule has 0 atom stereocenters. The Balaban J connectivity index is 0.000000443. The highest BCUT2D eigenvalue weighted by Crippen LogP contribution is 2.26. The molecule has 1 fully saturated rings. The number of aliphatic carboxylic acids is 1. The fourth-order valence-electron chi connectivity index (χ4n) is 4.40. The average Bonchev–Trinajstić information content (AvgIpc) is 3.63. The minimum Gasteiger partial charge on any atom is -0.496 e. The van der Waals surface area contributed by atoms with Crippen molar-refractivity contribution in [3.05, 3.63) is 70.1 Å². The molecule has 0 amide bonds. The van der Waals surface area contributed by atoms with Gasteiger partial charge < -0.3 is 28.7 Å². The van der Waals surface area contributed by atoms with Crippen molar-refractivity contribution in [2.45, 2.75) is 71.9 Å². The molecule has 0 unspecified atom stereocenters. The number of aliphatic hydroxyl groups is 1. The molecule has 1 aromatic carbocycles. The zero-order chi connectivity index (χ0) is 30.2. The number of aryl methyl sites for hydroxylation is 3. The number of rotatable bonds is 7. The van der Waals surface area contributed by atoms with E-state index >= 15 is 0 Å². The van der Waals surface area contributed by atoms with Gasteiger partial charge in [0.25, 0.3) is 5.56 Å². The maximum atomic E-state index is 13.4. The number of nitrogens with zero attached hydrogens (tertiary/aromatic N) is 4. The van der Waals surface area contributed by atoms with Crippen LogP contribution in [0.25, 0.3) is 17.4 Å². The van der Waals surface area contributed by atoms with Gasteiger partial charge in [0.2, 0.25) is 11.7 Å². The Morgan fingerprint density at radius 3 is 2.44 bits per heavy atom. The van der Waals surface area contributed by atoms with Crippen LogP contribution in [0.5, 0.6) is 5.75 Å². The molecule has 5 rings (SSSR count). The van der Waals surface area contributed by atoms with Gasteiger partial charge in [0.1, 0.15) is 17.7 Å². The molecule has 0 spiro atoms. The number of carboxylic acids is 1. The van der Waals surface area contributed by atoms with E-state index in [9.17, 15) is 14.7 Å². The number of methoxy groups -OCH3 is 1. The summed E-state index contributed by atoms with van der Waals surface area (Å²) in [5, 5.41) is 18.6. The van der Waals surface area contributed by atoms with Gasteiger partial charge in [-0.15, -0.1) is 0 Å². The first-order valence-corrected chi connectivity index (χ1v) is 13.8. The van der Waals surface area contributed by atoms with Gasteiger partial charge in [-0.2, -0.15) is 0 Å². The highest BCUT2D eigenvalue weighted by molar-refractivity contribution is 5.80. The van der Waals surface area contributed by atoms with E-state index in [1.54, 1.807) is 24.8 Å². The Labute approximate surface area is 239 Å². The van der Waals surface area contributed by atoms with E-state index in [4.69, 9.17) is 19.0 Å². The maximum absolute atomic E-state index is 13.4. The van der Waals surface area contributed by atoms with Crippen molar-refractivity contribution in [2.75, 3.05) is 20.3 Å². The van der Waals surface area contributed by atoms with Crippen LogP contribution in [0.3, 0.4) is 0 Å². The van der Waals surface area contributed by atoms with Gasteiger partial charge in [0.15, 0.2) is 0 Å². The lowest BCUT2D eigenvalue weighted by molar-refractivity contribution is -0.142. The Kier molecular flexibility index (Phi) is 10.8. The number of para-hydroxylation sites is 1. The first-order chi connectivity index (χ1) is 19.6. The summed E-state index contributed by atoms with van der Waals surface area (Å²) >= 11 is 0. The minimum atomic E-state index is -1.39. The van der Waals surface area contributed by atoms with Crippen LogP contribution in [-0.4, -0.2) is 61.5 Å². The highest BCUT2D eigenvalue weighted by atomic mass is 16.5. The monoisotopic (exact) mass is 568 g/mol. The third-order valence-corrected chi connectivity index (χ3v) is 6.91. The predicted octanol–water partition coefficient (Wildman–Crippen LogP) is 4.26. The molecule has 11 heteroatoms. The molecule has 1 aliphatic heterocycles. The van der Waals surface area contributed by atoms with Crippen LogP contribution in [0.4, 0.5) is 0 Å². The van der Waals surface area contributed by atoms with Crippen molar-refractivity contribution in [1.29, 1.82) is 0 Å². The fraction of sp³-hybridized carbons (Fsp3) is 0.467. The number of carbonyl (C=O) groups is 1. The van der Waals surface area contributed by atoms with E-state index < -0.39 is 16.9 Å². The average molecular weight is 569 g/mol. The SMILES string of the molecule is CC.COc1ccccc1CCn1cc(C(C)(C)C(=O)O)c(=O)n2c(C)c(-c3ncco3)nc12.OC1CCOCC1. The lowest BCUT2D eigenvalue weighted by Gasteiger charge is -2.21. The van der Waals surface area contributed by atoms with Gasteiger partial charge in [-0.1, -0.05) is 32.0 Å². The van der Waals surface area contributed by atoms with E-state index in [2.05, 4.69) is 9.97 Å². The number of ether oxygens (including phenoxy) is 2. The van der Waals surface area contributed by atoms with E-state index in [-0.39, 0.29) is 11.7 Å². The van der Waals surface area contributed by atoms with Gasteiger partial charge in [-0.05, 0) is 51.7 Å². The van der Waals surface area contributed by atoms with E-state index in [1.807, 2.05) is 38.1 Å². The second-order valence-electron chi connectivity index (χ2n) is 9.90. The van der Waals surface area contributed by atoms with Crippen molar-refractivity contribution >= 4 is 11.7 Å². The molecule has 222 valence electrons. The fourth-order valence-corrected chi connectivity index (χ4v) is 4.40. The largest absolute Gasteiger partial charge is 0.496 e. The molecule has 4 aromatic rings. The summed E-state index contributed by atoms with van der Waals surface area (Å²) in [4.78, 5) is 34.1. The van der Waals surface area contributed by atoms with Crippen molar-refractivity contribution in [1.82, 2.24) is 18.9 Å². The van der Waals surface area contributed by atoms with Crippen molar-refractivity contribution in [3.63, 3.8) is 0 Å². The normalized spacial score (nSPS) is 13.6. The molecule has 11 nitrogen and oxygen atoms in total.